The van der Waals surface area contributed by atoms with Gasteiger partial charge in [-0.2, -0.15) is 17.2 Å². The molecule has 0 heterocycles. The van der Waals surface area contributed by atoms with Crippen LogP contribution in [0.3, 0.4) is 0 Å². The van der Waals surface area contributed by atoms with Crippen LogP contribution in [-0.2, 0) is 19.1 Å². The molecule has 1 unspecified atom stereocenters. The normalized spacial score (nSPS) is 20.6. The summed E-state index contributed by atoms with van der Waals surface area (Å²) < 4.78 is 53.4. The molecule has 0 saturated heterocycles. The van der Waals surface area contributed by atoms with Crippen molar-refractivity contribution in [2.45, 2.75) is 44.1 Å². The molecule has 1 N–H and O–H groups in total. The zero-order chi connectivity index (χ0) is 14.0. The molecule has 1 rings (SSSR count). The van der Waals surface area contributed by atoms with Crippen molar-refractivity contribution >= 4 is 16.1 Å². The lowest BCUT2D eigenvalue weighted by Crippen LogP contribution is -2.48. The molecule has 0 bridgehead atoms. The van der Waals surface area contributed by atoms with E-state index in [9.17, 15) is 22.0 Å². The summed E-state index contributed by atoms with van der Waals surface area (Å²) in [5.41, 5.74) is 0. The maximum atomic E-state index is 13.5. The minimum absolute atomic E-state index is 0.350. The first-order chi connectivity index (χ1) is 8.14. The highest BCUT2D eigenvalue weighted by Gasteiger charge is 2.53. The number of aliphatic carboxylic acids is 1. The van der Waals surface area contributed by atoms with Gasteiger partial charge in [-0.1, -0.05) is 19.3 Å². The van der Waals surface area contributed by atoms with Gasteiger partial charge in [0.25, 0.3) is 10.1 Å². The topological polar surface area (TPSA) is 80.7 Å². The summed E-state index contributed by atoms with van der Waals surface area (Å²) >= 11 is 0. The SMILES string of the molecule is CS(=O)(=O)OC(C1CCCCC1)C(F)(F)C(=O)O. The Kier molecular flexibility index (Phi) is 4.66. The van der Waals surface area contributed by atoms with Gasteiger partial charge in [-0.25, -0.2) is 4.79 Å². The molecule has 1 fully saturated rings. The molecule has 1 aliphatic rings. The van der Waals surface area contributed by atoms with Crippen molar-refractivity contribution in [2.24, 2.45) is 5.92 Å². The standard InChI is InChI=1S/C10H16F2O5S/c1-18(15,16)17-8(10(11,12)9(13)14)7-5-3-2-4-6-7/h7-8H,2-6H2,1H3,(H,13,14). The summed E-state index contributed by atoms with van der Waals surface area (Å²) in [5.74, 6) is -7.31. The molecule has 0 aromatic heterocycles. The molecular formula is C10H16F2O5S. The highest BCUT2D eigenvalue weighted by Crippen LogP contribution is 2.36. The average Bonchev–Trinajstić information content (AvgIpc) is 2.25. The van der Waals surface area contributed by atoms with Crippen molar-refractivity contribution in [2.75, 3.05) is 6.26 Å². The maximum absolute atomic E-state index is 13.5. The van der Waals surface area contributed by atoms with E-state index in [2.05, 4.69) is 4.18 Å². The smallest absolute Gasteiger partial charge is 0.377 e. The summed E-state index contributed by atoms with van der Waals surface area (Å²) in [6.45, 7) is 0. The lowest BCUT2D eigenvalue weighted by atomic mass is 9.83. The van der Waals surface area contributed by atoms with Gasteiger partial charge in [0.1, 0.15) is 0 Å². The fourth-order valence-electron chi connectivity index (χ4n) is 2.18. The minimum atomic E-state index is -4.20. The first-order valence-electron chi connectivity index (χ1n) is 5.64. The summed E-state index contributed by atoms with van der Waals surface area (Å²) in [6, 6.07) is 0. The lowest BCUT2D eigenvalue weighted by Gasteiger charge is -2.32. The highest BCUT2D eigenvalue weighted by molar-refractivity contribution is 7.86. The molecule has 1 aliphatic carbocycles. The molecule has 0 aromatic carbocycles. The van der Waals surface area contributed by atoms with E-state index in [1.54, 1.807) is 0 Å². The van der Waals surface area contributed by atoms with Gasteiger partial charge in [-0.3, -0.25) is 4.18 Å². The summed E-state index contributed by atoms with van der Waals surface area (Å²) in [6.07, 6.45) is 1.44. The summed E-state index contributed by atoms with van der Waals surface area (Å²) in [5, 5.41) is 8.51. The van der Waals surface area contributed by atoms with Crippen molar-refractivity contribution < 1.29 is 31.3 Å². The lowest BCUT2D eigenvalue weighted by molar-refractivity contribution is -0.184. The molecule has 0 amide bonds. The Morgan fingerprint density at radius 2 is 1.83 bits per heavy atom. The van der Waals surface area contributed by atoms with Gasteiger partial charge in [0, 0.05) is 0 Å². The molecule has 0 aliphatic heterocycles. The van der Waals surface area contributed by atoms with E-state index in [0.717, 1.165) is 6.42 Å². The van der Waals surface area contributed by atoms with Crippen LogP contribution in [0.4, 0.5) is 8.78 Å². The number of carboxylic acids is 1. The molecule has 0 spiro atoms. The fourth-order valence-corrected chi connectivity index (χ4v) is 2.84. The van der Waals surface area contributed by atoms with Gasteiger partial charge in [-0.15, -0.1) is 0 Å². The zero-order valence-corrected chi connectivity index (χ0v) is 10.8. The minimum Gasteiger partial charge on any atom is -0.477 e. The Labute approximate surface area is 104 Å². The van der Waals surface area contributed by atoms with Crippen molar-refractivity contribution in [1.82, 2.24) is 0 Å². The van der Waals surface area contributed by atoms with Crippen molar-refractivity contribution in [3.05, 3.63) is 0 Å². The number of rotatable bonds is 5. The van der Waals surface area contributed by atoms with Gasteiger partial charge in [0.15, 0.2) is 6.10 Å². The third-order valence-corrected chi connectivity index (χ3v) is 3.56. The third-order valence-electron chi connectivity index (χ3n) is 3.00. The number of carbonyl (C=O) groups is 1. The highest BCUT2D eigenvalue weighted by atomic mass is 32.2. The van der Waals surface area contributed by atoms with Gasteiger partial charge in [-0.05, 0) is 18.8 Å². The summed E-state index contributed by atoms with van der Waals surface area (Å²) in [7, 11) is -4.13. The second-order valence-electron chi connectivity index (χ2n) is 4.55. The first kappa shape index (κ1) is 15.3. The Bertz CT molecular complexity index is 400. The van der Waals surface area contributed by atoms with E-state index in [0.29, 0.717) is 31.9 Å². The third kappa shape index (κ3) is 3.88. The Hall–Kier alpha value is -0.760. The molecule has 0 radical (unpaired) electrons. The van der Waals surface area contributed by atoms with E-state index in [1.807, 2.05) is 0 Å². The van der Waals surface area contributed by atoms with Crippen LogP contribution in [-0.4, -0.2) is 37.8 Å². The van der Waals surface area contributed by atoms with E-state index in [4.69, 9.17) is 5.11 Å². The number of halogens is 2. The van der Waals surface area contributed by atoms with Crippen LogP contribution < -0.4 is 0 Å². The molecule has 8 heteroatoms. The van der Waals surface area contributed by atoms with Crippen molar-refractivity contribution in [3.8, 4) is 0 Å². The monoisotopic (exact) mass is 286 g/mol. The second kappa shape index (κ2) is 5.48. The van der Waals surface area contributed by atoms with Gasteiger partial charge >= 0.3 is 11.9 Å². The second-order valence-corrected chi connectivity index (χ2v) is 6.15. The molecule has 106 valence electrons. The Morgan fingerprint density at radius 1 is 1.33 bits per heavy atom. The number of carboxylic acid groups (broad SMARTS) is 1. The molecular weight excluding hydrogens is 270 g/mol. The molecule has 5 nitrogen and oxygen atoms in total. The van der Waals surface area contributed by atoms with E-state index < -0.39 is 34.0 Å². The number of hydrogen-bond acceptors (Lipinski definition) is 4. The van der Waals surface area contributed by atoms with Crippen LogP contribution in [0.1, 0.15) is 32.1 Å². The van der Waals surface area contributed by atoms with E-state index in [1.165, 1.54) is 0 Å². The van der Waals surface area contributed by atoms with Crippen LogP contribution in [0, 0.1) is 5.92 Å². The van der Waals surface area contributed by atoms with Gasteiger partial charge in [0.05, 0.1) is 6.26 Å². The van der Waals surface area contributed by atoms with Crippen molar-refractivity contribution in [3.63, 3.8) is 0 Å². The fraction of sp³-hybridized carbons (Fsp3) is 0.900. The van der Waals surface area contributed by atoms with Gasteiger partial charge in [0.2, 0.25) is 0 Å². The summed E-state index contributed by atoms with van der Waals surface area (Å²) in [4.78, 5) is 10.6. The Morgan fingerprint density at radius 3 is 2.22 bits per heavy atom. The largest absolute Gasteiger partial charge is 0.477 e. The Balaban J connectivity index is 2.97. The molecule has 0 aromatic rings. The predicted octanol–water partition coefficient (Wildman–Crippen LogP) is 1.63. The molecule has 1 atom stereocenters. The maximum Gasteiger partial charge on any atom is 0.377 e. The predicted molar refractivity (Wildman–Crippen MR) is 58.9 cm³/mol. The van der Waals surface area contributed by atoms with Gasteiger partial charge < -0.3 is 5.11 Å². The van der Waals surface area contributed by atoms with E-state index >= 15 is 0 Å². The number of alkyl halides is 2. The average molecular weight is 286 g/mol. The number of hydrogen-bond donors (Lipinski definition) is 1. The molecule has 1 saturated carbocycles. The van der Waals surface area contributed by atoms with E-state index in [-0.39, 0.29) is 0 Å². The van der Waals surface area contributed by atoms with Crippen LogP contribution in [0.5, 0.6) is 0 Å². The van der Waals surface area contributed by atoms with Crippen LogP contribution in [0.25, 0.3) is 0 Å². The molecule has 18 heavy (non-hydrogen) atoms. The van der Waals surface area contributed by atoms with Crippen LogP contribution >= 0.6 is 0 Å². The quantitative estimate of drug-likeness (QED) is 0.777. The first-order valence-corrected chi connectivity index (χ1v) is 7.45. The zero-order valence-electron chi connectivity index (χ0n) is 9.93. The van der Waals surface area contributed by atoms with Crippen molar-refractivity contribution in [1.29, 1.82) is 0 Å². The van der Waals surface area contributed by atoms with Crippen LogP contribution in [0.2, 0.25) is 0 Å². The van der Waals surface area contributed by atoms with Crippen LogP contribution in [0.15, 0.2) is 0 Å².